The molecule has 0 N–H and O–H groups in total. The van der Waals surface area contributed by atoms with Gasteiger partial charge in [-0.1, -0.05) is 64.9 Å². The van der Waals surface area contributed by atoms with Gasteiger partial charge in [0, 0.05) is 6.61 Å². The monoisotopic (exact) mass is 474 g/mol. The molecule has 1 aromatic rings. The highest BCUT2D eigenvalue weighted by Gasteiger charge is 2.38. The third kappa shape index (κ3) is 6.42. The molecule has 192 valence electrons. The first-order chi connectivity index (χ1) is 16.6. The van der Waals surface area contributed by atoms with E-state index < -0.39 is 11.6 Å². The molecule has 34 heavy (non-hydrogen) atoms. The second kappa shape index (κ2) is 12.8. The van der Waals surface area contributed by atoms with E-state index in [0.29, 0.717) is 35.0 Å². The third-order valence-corrected chi connectivity index (χ3v) is 9.32. The third-order valence-electron chi connectivity index (χ3n) is 9.32. The summed E-state index contributed by atoms with van der Waals surface area (Å²) in [5, 5.41) is 0. The normalized spacial score (nSPS) is 29.0. The molecule has 1 nitrogen and oxygen atoms in total. The van der Waals surface area contributed by atoms with Crippen LogP contribution in [0.4, 0.5) is 8.78 Å². The molecule has 3 aliphatic carbocycles. The van der Waals surface area contributed by atoms with Gasteiger partial charge in [-0.15, -0.1) is 0 Å². The van der Waals surface area contributed by atoms with Crippen LogP contribution in [0.3, 0.4) is 0 Å². The van der Waals surface area contributed by atoms with Crippen LogP contribution in [0.2, 0.25) is 0 Å². The molecule has 0 radical (unpaired) electrons. The quantitative estimate of drug-likeness (QED) is 0.290. The Kier molecular flexibility index (Phi) is 9.86. The minimum atomic E-state index is -0.526. The predicted octanol–water partition coefficient (Wildman–Crippen LogP) is 9.30. The van der Waals surface area contributed by atoms with E-state index in [1.54, 1.807) is 0 Å². The van der Waals surface area contributed by atoms with Gasteiger partial charge in [0.25, 0.3) is 0 Å². The Labute approximate surface area is 207 Å². The summed E-state index contributed by atoms with van der Waals surface area (Å²) in [6, 6.07) is 2.08. The Balaban J connectivity index is 1.34. The van der Waals surface area contributed by atoms with Gasteiger partial charge in [0.15, 0.2) is 11.6 Å². The van der Waals surface area contributed by atoms with Crippen LogP contribution < -0.4 is 0 Å². The fourth-order valence-electron chi connectivity index (χ4n) is 7.19. The van der Waals surface area contributed by atoms with E-state index in [9.17, 15) is 0 Å². The van der Waals surface area contributed by atoms with Crippen molar-refractivity contribution in [1.29, 1.82) is 0 Å². The molecule has 0 heterocycles. The summed E-state index contributed by atoms with van der Waals surface area (Å²) in [7, 11) is 0. The molecule has 3 heteroatoms. The number of rotatable bonds is 11. The fourth-order valence-corrected chi connectivity index (χ4v) is 7.19. The van der Waals surface area contributed by atoms with Crippen LogP contribution in [0, 0.1) is 29.4 Å². The Morgan fingerprint density at radius 2 is 1.59 bits per heavy atom. The van der Waals surface area contributed by atoms with Crippen molar-refractivity contribution in [3.05, 3.63) is 34.4 Å². The van der Waals surface area contributed by atoms with E-state index >= 15 is 8.78 Å². The number of aryl methyl sites for hydroxylation is 1. The zero-order chi connectivity index (χ0) is 23.9. The van der Waals surface area contributed by atoms with E-state index in [1.165, 1.54) is 57.8 Å². The lowest BCUT2D eigenvalue weighted by molar-refractivity contribution is -0.0161. The Bertz CT molecular complexity index is 775. The summed E-state index contributed by atoms with van der Waals surface area (Å²) >= 11 is 0. The average molecular weight is 475 g/mol. The van der Waals surface area contributed by atoms with Gasteiger partial charge < -0.3 is 4.74 Å². The lowest BCUT2D eigenvalue weighted by atomic mass is 9.65. The van der Waals surface area contributed by atoms with Crippen LogP contribution in [0.1, 0.15) is 133 Å². The average Bonchev–Trinajstić information content (AvgIpc) is 2.86. The molecule has 0 aliphatic heterocycles. The lowest BCUT2D eigenvalue weighted by Crippen LogP contribution is -2.34. The molecule has 5 unspecified atom stereocenters. The molecule has 2 saturated carbocycles. The first kappa shape index (κ1) is 26.1. The highest BCUT2D eigenvalue weighted by atomic mass is 19.2. The summed E-state index contributed by atoms with van der Waals surface area (Å²) in [6.45, 7) is 5.34. The van der Waals surface area contributed by atoms with Crippen LogP contribution in [0.5, 0.6) is 0 Å². The summed E-state index contributed by atoms with van der Waals surface area (Å²) in [5.41, 5.74) is 2.49. The molecule has 1 aromatic carbocycles. The van der Waals surface area contributed by atoms with Crippen molar-refractivity contribution in [3.63, 3.8) is 0 Å². The van der Waals surface area contributed by atoms with Crippen LogP contribution >= 0.6 is 0 Å². The van der Waals surface area contributed by atoms with Crippen LogP contribution in [0.15, 0.2) is 6.07 Å². The van der Waals surface area contributed by atoms with Crippen molar-refractivity contribution >= 4 is 0 Å². The minimum absolute atomic E-state index is 0.190. The van der Waals surface area contributed by atoms with Gasteiger partial charge in [-0.25, -0.2) is 8.78 Å². The number of fused-ring (bicyclic) bond motifs is 2. The van der Waals surface area contributed by atoms with Gasteiger partial charge in [-0.3, -0.25) is 0 Å². The second-order valence-electron chi connectivity index (χ2n) is 11.7. The summed E-state index contributed by atoms with van der Waals surface area (Å²) in [5.74, 6) is 1.04. The summed E-state index contributed by atoms with van der Waals surface area (Å²) in [4.78, 5) is 0. The molecular weight excluding hydrogens is 426 g/mol. The number of hydrogen-bond acceptors (Lipinski definition) is 1. The van der Waals surface area contributed by atoms with Crippen molar-refractivity contribution in [2.75, 3.05) is 6.61 Å². The van der Waals surface area contributed by atoms with E-state index in [4.69, 9.17) is 4.74 Å². The van der Waals surface area contributed by atoms with Crippen molar-refractivity contribution in [2.45, 2.75) is 135 Å². The zero-order valence-corrected chi connectivity index (χ0v) is 21.9. The van der Waals surface area contributed by atoms with E-state index in [0.717, 1.165) is 63.5 Å². The highest BCUT2D eigenvalue weighted by Crippen LogP contribution is 2.48. The Hall–Kier alpha value is -0.960. The summed E-state index contributed by atoms with van der Waals surface area (Å²) in [6.07, 6.45) is 19.8. The van der Waals surface area contributed by atoms with Gasteiger partial charge in [0.2, 0.25) is 0 Å². The number of benzene rings is 1. The maximum absolute atomic E-state index is 15.4. The molecule has 4 rings (SSSR count). The SMILES string of the molecule is CCCCCCCC1CCc2cc(C3CCC4CC(OCCCC)CCC4C3)c(F)c(F)c2C1. The van der Waals surface area contributed by atoms with Crippen molar-refractivity contribution < 1.29 is 13.5 Å². The molecule has 0 saturated heterocycles. The van der Waals surface area contributed by atoms with Gasteiger partial charge >= 0.3 is 0 Å². The molecule has 0 amide bonds. The molecule has 0 spiro atoms. The lowest BCUT2D eigenvalue weighted by Gasteiger charge is -2.42. The molecule has 3 aliphatic rings. The second-order valence-corrected chi connectivity index (χ2v) is 11.7. The first-order valence-electron chi connectivity index (χ1n) is 14.7. The van der Waals surface area contributed by atoms with Crippen LogP contribution in [-0.2, 0) is 17.6 Å². The van der Waals surface area contributed by atoms with Crippen molar-refractivity contribution in [3.8, 4) is 0 Å². The standard InChI is InChI=1S/C31H48F2O/c1-3-5-7-8-9-10-22-11-12-26-21-29(31(33)30(32)28(26)18-22)25-14-13-24-20-27(34-17-6-4-2)16-15-23(24)19-25/h21-25,27H,3-20H2,1-2H3. The molecule has 5 atom stereocenters. The van der Waals surface area contributed by atoms with E-state index in [-0.39, 0.29) is 5.92 Å². The van der Waals surface area contributed by atoms with Crippen LogP contribution in [-0.4, -0.2) is 12.7 Å². The van der Waals surface area contributed by atoms with Crippen molar-refractivity contribution in [1.82, 2.24) is 0 Å². The van der Waals surface area contributed by atoms with Gasteiger partial charge in [0.05, 0.1) is 6.10 Å². The van der Waals surface area contributed by atoms with Crippen LogP contribution in [0.25, 0.3) is 0 Å². The number of hydrogen-bond donors (Lipinski definition) is 0. The largest absolute Gasteiger partial charge is 0.378 e. The fraction of sp³-hybridized carbons (Fsp3) is 0.806. The number of ether oxygens (including phenoxy) is 1. The minimum Gasteiger partial charge on any atom is -0.378 e. The predicted molar refractivity (Wildman–Crippen MR) is 137 cm³/mol. The molecule has 0 bridgehead atoms. The van der Waals surface area contributed by atoms with Gasteiger partial charge in [-0.2, -0.15) is 0 Å². The first-order valence-corrected chi connectivity index (χ1v) is 14.7. The van der Waals surface area contributed by atoms with E-state index in [1.807, 2.05) is 0 Å². The maximum atomic E-state index is 15.4. The smallest absolute Gasteiger partial charge is 0.162 e. The number of unbranched alkanes of at least 4 members (excludes halogenated alkanes) is 5. The summed E-state index contributed by atoms with van der Waals surface area (Å²) < 4.78 is 36.8. The topological polar surface area (TPSA) is 9.23 Å². The van der Waals surface area contributed by atoms with Crippen molar-refractivity contribution in [2.24, 2.45) is 17.8 Å². The Morgan fingerprint density at radius 1 is 0.824 bits per heavy atom. The molecule has 2 fully saturated rings. The molecule has 0 aromatic heterocycles. The van der Waals surface area contributed by atoms with Gasteiger partial charge in [-0.05, 0) is 105 Å². The van der Waals surface area contributed by atoms with Gasteiger partial charge in [0.1, 0.15) is 0 Å². The maximum Gasteiger partial charge on any atom is 0.162 e. The number of halogens is 2. The molecular formula is C31H48F2O. The van der Waals surface area contributed by atoms with E-state index in [2.05, 4.69) is 19.9 Å². The highest BCUT2D eigenvalue weighted by molar-refractivity contribution is 5.38. The Morgan fingerprint density at radius 3 is 2.41 bits per heavy atom. The zero-order valence-electron chi connectivity index (χ0n) is 21.9.